The van der Waals surface area contributed by atoms with Crippen LogP contribution < -0.4 is 4.90 Å². The Hall–Kier alpha value is -0.650. The van der Waals surface area contributed by atoms with E-state index >= 15 is 0 Å². The summed E-state index contributed by atoms with van der Waals surface area (Å²) in [4.78, 5) is 2.03. The van der Waals surface area contributed by atoms with Crippen LogP contribution in [0.4, 0.5) is 10.1 Å². The third kappa shape index (κ3) is 1.85. The van der Waals surface area contributed by atoms with Gasteiger partial charge in [0.05, 0.1) is 25.9 Å². The van der Waals surface area contributed by atoms with Crippen LogP contribution in [0.2, 0.25) is 0 Å². The highest BCUT2D eigenvalue weighted by atomic mass is 79.9. The molecule has 0 amide bonds. The van der Waals surface area contributed by atoms with Gasteiger partial charge in [-0.05, 0) is 17.7 Å². The molecule has 18 heavy (non-hydrogen) atoms. The molecule has 0 saturated carbocycles. The summed E-state index contributed by atoms with van der Waals surface area (Å²) in [5.41, 5.74) is 0.397. The number of nitrogens with zero attached hydrogens (tertiary/aromatic N) is 1. The molecule has 0 aliphatic carbocycles. The monoisotopic (exact) mass is 315 g/mol. The van der Waals surface area contributed by atoms with Gasteiger partial charge in [0, 0.05) is 23.1 Å². The smallest absolute Gasteiger partial charge is 0.160 e. The van der Waals surface area contributed by atoms with Crippen LogP contribution in [0.5, 0.6) is 0 Å². The number of morpholine rings is 1. The lowest BCUT2D eigenvalue weighted by Crippen LogP contribution is -2.62. The second-order valence-corrected chi connectivity index (χ2v) is 5.84. The fourth-order valence-electron chi connectivity index (χ4n) is 2.87. The number of halogens is 2. The van der Waals surface area contributed by atoms with Crippen LogP contribution in [0.1, 0.15) is 5.56 Å². The number of anilines is 1. The highest BCUT2D eigenvalue weighted by Crippen LogP contribution is 2.40. The van der Waals surface area contributed by atoms with Crippen molar-refractivity contribution in [2.45, 2.75) is 18.1 Å². The van der Waals surface area contributed by atoms with E-state index in [1.165, 1.54) is 0 Å². The Morgan fingerprint density at radius 3 is 3.17 bits per heavy atom. The number of rotatable bonds is 1. The maximum absolute atomic E-state index is 14.8. The lowest BCUT2D eigenvalue weighted by Gasteiger charge is -2.48. The highest BCUT2D eigenvalue weighted by Gasteiger charge is 2.48. The van der Waals surface area contributed by atoms with E-state index in [4.69, 9.17) is 4.74 Å². The van der Waals surface area contributed by atoms with Gasteiger partial charge in [-0.1, -0.05) is 22.0 Å². The quantitative estimate of drug-likeness (QED) is 0.859. The molecule has 1 saturated heterocycles. The molecule has 2 atom stereocenters. The van der Waals surface area contributed by atoms with Crippen molar-refractivity contribution in [2.24, 2.45) is 0 Å². The first-order valence-corrected chi connectivity index (χ1v) is 6.86. The summed E-state index contributed by atoms with van der Waals surface area (Å²) >= 11 is 3.45. The summed E-state index contributed by atoms with van der Waals surface area (Å²) in [6, 6.07) is 5.47. The Labute approximate surface area is 114 Å². The van der Waals surface area contributed by atoms with Gasteiger partial charge in [-0.2, -0.15) is 0 Å². The number of aliphatic hydroxyl groups is 1. The van der Waals surface area contributed by atoms with E-state index in [1.807, 2.05) is 23.1 Å². The van der Waals surface area contributed by atoms with Gasteiger partial charge in [-0.3, -0.25) is 0 Å². The third-order valence-corrected chi connectivity index (χ3v) is 4.32. The van der Waals surface area contributed by atoms with Crippen molar-refractivity contribution >= 4 is 21.6 Å². The third-order valence-electron chi connectivity index (χ3n) is 3.83. The van der Waals surface area contributed by atoms with Gasteiger partial charge in [0.25, 0.3) is 0 Å². The molecule has 2 heterocycles. The minimum Gasteiger partial charge on any atom is -0.393 e. The molecule has 0 unspecified atom stereocenters. The molecule has 3 nitrogen and oxygen atoms in total. The maximum Gasteiger partial charge on any atom is 0.160 e. The summed E-state index contributed by atoms with van der Waals surface area (Å²) in [5.74, 6) is 0. The molecule has 2 aliphatic rings. The van der Waals surface area contributed by atoms with Crippen LogP contribution in [-0.2, 0) is 11.2 Å². The fourth-order valence-corrected chi connectivity index (χ4v) is 3.22. The Morgan fingerprint density at radius 1 is 1.56 bits per heavy atom. The molecule has 0 bridgehead atoms. The van der Waals surface area contributed by atoms with Gasteiger partial charge in [0.1, 0.15) is 0 Å². The number of fused-ring (bicyclic) bond motifs is 3. The van der Waals surface area contributed by atoms with Gasteiger partial charge in [-0.25, -0.2) is 4.39 Å². The molecule has 0 aromatic heterocycles. The van der Waals surface area contributed by atoms with Crippen LogP contribution in [0.3, 0.4) is 0 Å². The Bertz CT molecular complexity index is 470. The Morgan fingerprint density at radius 2 is 2.39 bits per heavy atom. The van der Waals surface area contributed by atoms with E-state index in [9.17, 15) is 9.50 Å². The molecule has 5 heteroatoms. The molecule has 2 aliphatic heterocycles. The zero-order valence-electron chi connectivity index (χ0n) is 9.90. The number of hydrogen-bond donors (Lipinski definition) is 1. The number of benzene rings is 1. The average Bonchev–Trinajstić information content (AvgIpc) is 2.40. The zero-order chi connectivity index (χ0) is 12.8. The topological polar surface area (TPSA) is 32.7 Å². The van der Waals surface area contributed by atoms with Gasteiger partial charge >= 0.3 is 0 Å². The van der Waals surface area contributed by atoms with Crippen molar-refractivity contribution in [3.05, 3.63) is 28.2 Å². The first-order chi connectivity index (χ1) is 8.64. The lowest BCUT2D eigenvalue weighted by molar-refractivity contribution is -0.0173. The summed E-state index contributed by atoms with van der Waals surface area (Å²) in [6.45, 7) is 1.14. The van der Waals surface area contributed by atoms with Crippen LogP contribution in [-0.4, -0.2) is 43.2 Å². The number of alkyl halides is 1. The Balaban J connectivity index is 2.08. The van der Waals surface area contributed by atoms with E-state index in [0.717, 1.165) is 15.7 Å². The van der Waals surface area contributed by atoms with Gasteiger partial charge in [0.15, 0.2) is 5.67 Å². The molecule has 0 spiro atoms. The van der Waals surface area contributed by atoms with Gasteiger partial charge in [0.2, 0.25) is 0 Å². The Kier molecular flexibility index (Phi) is 3.08. The van der Waals surface area contributed by atoms with Crippen molar-refractivity contribution in [3.8, 4) is 0 Å². The van der Waals surface area contributed by atoms with Crippen molar-refractivity contribution in [1.82, 2.24) is 0 Å². The summed E-state index contributed by atoms with van der Waals surface area (Å²) in [5, 5.41) is 9.40. The first kappa shape index (κ1) is 12.4. The van der Waals surface area contributed by atoms with Crippen molar-refractivity contribution in [1.29, 1.82) is 0 Å². The van der Waals surface area contributed by atoms with E-state index in [1.54, 1.807) is 0 Å². The second-order valence-electron chi connectivity index (χ2n) is 4.93. The average molecular weight is 316 g/mol. The molecule has 1 N–H and O–H groups in total. The van der Waals surface area contributed by atoms with E-state index in [0.29, 0.717) is 19.8 Å². The lowest BCUT2D eigenvalue weighted by atomic mass is 9.83. The van der Waals surface area contributed by atoms with E-state index < -0.39 is 18.3 Å². The maximum atomic E-state index is 14.8. The van der Waals surface area contributed by atoms with Crippen LogP contribution in [0.25, 0.3) is 0 Å². The molecule has 1 aromatic rings. The fraction of sp³-hybridized carbons (Fsp3) is 0.538. The summed E-state index contributed by atoms with van der Waals surface area (Å²) < 4.78 is 21.2. The predicted octanol–water partition coefficient (Wildman–Crippen LogP) is 1.91. The normalized spacial score (nSPS) is 30.8. The van der Waals surface area contributed by atoms with Gasteiger partial charge in [-0.15, -0.1) is 0 Å². The summed E-state index contributed by atoms with van der Waals surface area (Å²) in [6.07, 6.45) is 0.247. The minimum absolute atomic E-state index is 0.247. The SMILES string of the molecule is OC[C@@]1(F)Cc2ccc(Br)cc2N2CCOC[C@H]21. The predicted molar refractivity (Wildman–Crippen MR) is 70.7 cm³/mol. The van der Waals surface area contributed by atoms with Crippen LogP contribution >= 0.6 is 15.9 Å². The number of hydrogen-bond acceptors (Lipinski definition) is 3. The van der Waals surface area contributed by atoms with Crippen LogP contribution in [0.15, 0.2) is 22.7 Å². The molecular weight excluding hydrogens is 301 g/mol. The number of ether oxygens (including phenoxy) is 1. The van der Waals surface area contributed by atoms with Gasteiger partial charge < -0.3 is 14.7 Å². The van der Waals surface area contributed by atoms with E-state index in [2.05, 4.69) is 15.9 Å². The molecule has 3 rings (SSSR count). The highest BCUT2D eigenvalue weighted by molar-refractivity contribution is 9.10. The molecule has 98 valence electrons. The number of aliphatic hydroxyl groups excluding tert-OH is 1. The standard InChI is InChI=1S/C13H15BrFNO2/c14-10-2-1-9-6-13(15,8-17)12-7-18-4-3-16(12)11(9)5-10/h1-2,5,12,17H,3-4,6-8H2/t12-,13-/m0/s1. The second kappa shape index (κ2) is 4.47. The molecule has 1 fully saturated rings. The van der Waals surface area contributed by atoms with Crippen molar-refractivity contribution in [2.75, 3.05) is 31.3 Å². The molecular formula is C13H15BrFNO2. The van der Waals surface area contributed by atoms with Crippen molar-refractivity contribution in [3.63, 3.8) is 0 Å². The largest absolute Gasteiger partial charge is 0.393 e. The molecule has 0 radical (unpaired) electrons. The van der Waals surface area contributed by atoms with Crippen LogP contribution in [0, 0.1) is 0 Å². The van der Waals surface area contributed by atoms with E-state index in [-0.39, 0.29) is 6.42 Å². The first-order valence-electron chi connectivity index (χ1n) is 6.07. The zero-order valence-corrected chi connectivity index (χ0v) is 11.5. The van der Waals surface area contributed by atoms with Crippen molar-refractivity contribution < 1.29 is 14.2 Å². The summed E-state index contributed by atoms with van der Waals surface area (Å²) in [7, 11) is 0. The molecule has 1 aromatic carbocycles. The minimum atomic E-state index is -1.61.